The van der Waals surface area contributed by atoms with Gasteiger partial charge in [-0.15, -0.1) is 11.3 Å². The summed E-state index contributed by atoms with van der Waals surface area (Å²) in [5, 5.41) is 0. The number of aryl methyl sites for hydroxylation is 2. The van der Waals surface area contributed by atoms with Crippen LogP contribution in [0.3, 0.4) is 0 Å². The Morgan fingerprint density at radius 3 is 2.33 bits per heavy atom. The number of H-pyrrole nitrogens is 2. The Labute approximate surface area is 124 Å². The molecule has 0 bridgehead atoms. The van der Waals surface area contributed by atoms with Gasteiger partial charge in [0.1, 0.15) is 0 Å². The molecular weight excluding hydrogens is 286 g/mol. The predicted octanol–water partition coefficient (Wildman–Crippen LogP) is 1.94. The molecule has 0 amide bonds. The lowest BCUT2D eigenvalue weighted by molar-refractivity contribution is 0.893. The van der Waals surface area contributed by atoms with E-state index >= 15 is 0 Å². The Morgan fingerprint density at radius 1 is 1.05 bits per heavy atom. The van der Waals surface area contributed by atoms with Gasteiger partial charge in [-0.1, -0.05) is 6.07 Å². The summed E-state index contributed by atoms with van der Waals surface area (Å²) in [6, 6.07) is 7.27. The summed E-state index contributed by atoms with van der Waals surface area (Å²) in [5.41, 5.74) is 8.29. The summed E-state index contributed by atoms with van der Waals surface area (Å²) in [5.74, 6) is 0. The standard InChI is InChI=1S/C15H15N3O2S/c1-7-5-12(21-8(7)2)13(16)9-3-4-10-11(6-9)18-15(20)14(19)17-10/h3-6,13H,16H2,1-2H3,(H,17,19)(H,18,20). The van der Waals surface area contributed by atoms with Gasteiger partial charge in [0.05, 0.1) is 17.1 Å². The molecule has 0 saturated carbocycles. The Hall–Kier alpha value is -2.18. The number of rotatable bonds is 2. The topological polar surface area (TPSA) is 91.7 Å². The Balaban J connectivity index is 2.10. The van der Waals surface area contributed by atoms with Crippen LogP contribution in [0.15, 0.2) is 33.9 Å². The number of nitrogens with two attached hydrogens (primary N) is 1. The lowest BCUT2D eigenvalue weighted by Crippen LogP contribution is -2.29. The monoisotopic (exact) mass is 301 g/mol. The lowest BCUT2D eigenvalue weighted by atomic mass is 10.0. The van der Waals surface area contributed by atoms with E-state index < -0.39 is 11.1 Å². The molecule has 108 valence electrons. The minimum absolute atomic E-state index is 0.248. The van der Waals surface area contributed by atoms with Gasteiger partial charge in [-0.2, -0.15) is 0 Å². The molecule has 1 unspecified atom stereocenters. The largest absolute Gasteiger partial charge is 0.320 e. The summed E-state index contributed by atoms with van der Waals surface area (Å²) >= 11 is 1.67. The zero-order valence-corrected chi connectivity index (χ0v) is 12.5. The highest BCUT2D eigenvalue weighted by atomic mass is 32.1. The molecule has 3 rings (SSSR count). The van der Waals surface area contributed by atoms with Gasteiger partial charge in [0.2, 0.25) is 0 Å². The third kappa shape index (κ3) is 2.43. The SMILES string of the molecule is Cc1cc(C(N)c2ccc3[nH]c(=O)c(=O)[nH]c3c2)sc1C. The van der Waals surface area contributed by atoms with Crippen molar-refractivity contribution < 1.29 is 0 Å². The minimum atomic E-state index is -0.656. The van der Waals surface area contributed by atoms with Crippen LogP contribution in [0.2, 0.25) is 0 Å². The first-order valence-corrected chi connectivity index (χ1v) is 7.36. The molecule has 6 heteroatoms. The van der Waals surface area contributed by atoms with Crippen molar-refractivity contribution in [2.75, 3.05) is 0 Å². The van der Waals surface area contributed by atoms with E-state index in [0.29, 0.717) is 11.0 Å². The number of hydrogen-bond acceptors (Lipinski definition) is 4. The Kier molecular flexibility index (Phi) is 3.27. The molecule has 0 radical (unpaired) electrons. The second kappa shape index (κ2) is 4.98. The second-order valence-electron chi connectivity index (χ2n) is 5.08. The molecule has 21 heavy (non-hydrogen) atoms. The first kappa shape index (κ1) is 13.8. The van der Waals surface area contributed by atoms with Gasteiger partial charge in [-0.3, -0.25) is 9.59 Å². The highest BCUT2D eigenvalue weighted by Gasteiger charge is 2.13. The number of thiophene rings is 1. The first-order chi connectivity index (χ1) is 9.95. The molecular formula is C15H15N3O2S. The van der Waals surface area contributed by atoms with E-state index in [4.69, 9.17) is 5.73 Å². The molecule has 0 fully saturated rings. The van der Waals surface area contributed by atoms with Gasteiger partial charge >= 0.3 is 11.1 Å². The number of aromatic amines is 2. The van der Waals surface area contributed by atoms with Crippen LogP contribution in [0, 0.1) is 13.8 Å². The molecule has 0 aliphatic rings. The minimum Gasteiger partial charge on any atom is -0.320 e. The molecule has 0 aliphatic heterocycles. The van der Waals surface area contributed by atoms with Crippen molar-refractivity contribution in [2.45, 2.75) is 19.9 Å². The highest BCUT2D eigenvalue weighted by Crippen LogP contribution is 2.29. The highest BCUT2D eigenvalue weighted by molar-refractivity contribution is 7.12. The zero-order valence-electron chi connectivity index (χ0n) is 11.7. The Morgan fingerprint density at radius 2 is 1.71 bits per heavy atom. The summed E-state index contributed by atoms with van der Waals surface area (Å²) in [6.45, 7) is 4.13. The molecule has 0 spiro atoms. The van der Waals surface area contributed by atoms with Crippen molar-refractivity contribution in [3.05, 3.63) is 65.9 Å². The number of hydrogen-bond donors (Lipinski definition) is 3. The van der Waals surface area contributed by atoms with E-state index in [1.165, 1.54) is 10.4 Å². The number of benzene rings is 1. The van der Waals surface area contributed by atoms with Gasteiger partial charge in [-0.05, 0) is 43.2 Å². The van der Waals surface area contributed by atoms with Gasteiger partial charge in [0.15, 0.2) is 0 Å². The zero-order chi connectivity index (χ0) is 15.1. The fourth-order valence-corrected chi connectivity index (χ4v) is 3.32. The van der Waals surface area contributed by atoms with Crippen LogP contribution in [0.5, 0.6) is 0 Å². The maximum atomic E-state index is 11.4. The van der Waals surface area contributed by atoms with Crippen molar-refractivity contribution in [1.82, 2.24) is 9.97 Å². The summed E-state index contributed by atoms with van der Waals surface area (Å²) in [4.78, 5) is 30.1. The maximum absolute atomic E-state index is 11.4. The Bertz CT molecular complexity index is 916. The van der Waals surface area contributed by atoms with Gasteiger partial charge in [0.25, 0.3) is 0 Å². The van der Waals surface area contributed by atoms with Crippen LogP contribution in [0.25, 0.3) is 11.0 Å². The van der Waals surface area contributed by atoms with Crippen LogP contribution >= 0.6 is 11.3 Å². The van der Waals surface area contributed by atoms with Crippen molar-refractivity contribution in [3.63, 3.8) is 0 Å². The number of aromatic nitrogens is 2. The van der Waals surface area contributed by atoms with Crippen LogP contribution in [0.4, 0.5) is 0 Å². The van der Waals surface area contributed by atoms with Crippen LogP contribution in [0.1, 0.15) is 26.9 Å². The average molecular weight is 301 g/mol. The van der Waals surface area contributed by atoms with Crippen molar-refractivity contribution in [2.24, 2.45) is 5.73 Å². The quantitative estimate of drug-likeness (QED) is 0.632. The molecule has 1 atom stereocenters. The third-order valence-electron chi connectivity index (χ3n) is 3.60. The summed E-state index contributed by atoms with van der Waals surface area (Å²) in [7, 11) is 0. The van der Waals surface area contributed by atoms with E-state index in [0.717, 1.165) is 10.4 Å². The van der Waals surface area contributed by atoms with E-state index in [-0.39, 0.29) is 6.04 Å². The maximum Gasteiger partial charge on any atom is 0.314 e. The fourth-order valence-electron chi connectivity index (χ4n) is 2.25. The van der Waals surface area contributed by atoms with Crippen molar-refractivity contribution in [3.8, 4) is 0 Å². The summed E-state index contributed by atoms with van der Waals surface area (Å²) in [6.07, 6.45) is 0. The van der Waals surface area contributed by atoms with E-state index in [9.17, 15) is 9.59 Å². The predicted molar refractivity (Wildman–Crippen MR) is 85.0 cm³/mol. The van der Waals surface area contributed by atoms with Gasteiger partial charge in [0, 0.05) is 9.75 Å². The fraction of sp³-hybridized carbons (Fsp3) is 0.200. The van der Waals surface area contributed by atoms with Crippen LogP contribution < -0.4 is 16.9 Å². The molecule has 4 N–H and O–H groups in total. The molecule has 0 saturated heterocycles. The first-order valence-electron chi connectivity index (χ1n) is 6.54. The van der Waals surface area contributed by atoms with E-state index in [1.54, 1.807) is 17.4 Å². The van der Waals surface area contributed by atoms with Crippen LogP contribution in [-0.4, -0.2) is 9.97 Å². The molecule has 3 aromatic rings. The van der Waals surface area contributed by atoms with Crippen LogP contribution in [-0.2, 0) is 0 Å². The molecule has 2 aromatic heterocycles. The molecule has 5 nitrogen and oxygen atoms in total. The van der Waals surface area contributed by atoms with Gasteiger partial charge in [-0.25, -0.2) is 0 Å². The van der Waals surface area contributed by atoms with Gasteiger partial charge < -0.3 is 15.7 Å². The molecule has 2 heterocycles. The number of nitrogens with one attached hydrogen (secondary N) is 2. The second-order valence-corrected chi connectivity index (χ2v) is 6.37. The van der Waals surface area contributed by atoms with Crippen molar-refractivity contribution in [1.29, 1.82) is 0 Å². The lowest BCUT2D eigenvalue weighted by Gasteiger charge is -2.10. The molecule has 0 aliphatic carbocycles. The number of fused-ring (bicyclic) bond motifs is 1. The molecule has 1 aromatic carbocycles. The normalized spacial score (nSPS) is 12.7. The average Bonchev–Trinajstić information content (AvgIpc) is 2.79. The van der Waals surface area contributed by atoms with E-state index in [2.05, 4.69) is 29.9 Å². The smallest absolute Gasteiger partial charge is 0.314 e. The van der Waals surface area contributed by atoms with E-state index in [1.807, 2.05) is 12.1 Å². The summed E-state index contributed by atoms with van der Waals surface area (Å²) < 4.78 is 0. The van der Waals surface area contributed by atoms with Crippen molar-refractivity contribution >= 4 is 22.4 Å². The third-order valence-corrected chi connectivity index (χ3v) is 4.83.